The number of amides is 1. The lowest BCUT2D eigenvalue weighted by Gasteiger charge is -2.15. The molecule has 1 unspecified atom stereocenters. The van der Waals surface area contributed by atoms with E-state index in [1.165, 1.54) is 16.7 Å². The minimum Gasteiger partial charge on any atom is -0.488 e. The van der Waals surface area contributed by atoms with Crippen molar-refractivity contribution in [1.29, 1.82) is 0 Å². The summed E-state index contributed by atoms with van der Waals surface area (Å²) in [5.41, 5.74) is 4.41. The van der Waals surface area contributed by atoms with Gasteiger partial charge in [-0.3, -0.25) is 4.79 Å². The Labute approximate surface area is 144 Å². The molecule has 4 heteroatoms. The molecule has 0 aromatic heterocycles. The van der Waals surface area contributed by atoms with Gasteiger partial charge in [-0.05, 0) is 56.2 Å². The first-order valence-corrected chi connectivity index (χ1v) is 8.31. The lowest BCUT2D eigenvalue weighted by Crippen LogP contribution is -3.10. The number of carbonyl (C=O) groups is 1. The number of quaternary nitrogens is 1. The molecule has 2 aromatic rings. The van der Waals surface area contributed by atoms with Crippen molar-refractivity contribution in [2.24, 2.45) is 0 Å². The van der Waals surface area contributed by atoms with Crippen LogP contribution in [-0.2, 0) is 4.79 Å². The van der Waals surface area contributed by atoms with Crippen LogP contribution in [0.2, 0.25) is 0 Å². The first kappa shape index (κ1) is 18.0. The second kappa shape index (κ2) is 8.50. The van der Waals surface area contributed by atoms with Crippen LogP contribution in [0.4, 0.5) is 5.69 Å². The fraction of sp³-hybridized carbons (Fsp3) is 0.350. The van der Waals surface area contributed by atoms with Gasteiger partial charge in [-0.25, -0.2) is 0 Å². The van der Waals surface area contributed by atoms with E-state index < -0.39 is 0 Å². The third kappa shape index (κ3) is 6.05. The summed E-state index contributed by atoms with van der Waals surface area (Å²) in [6, 6.07) is 14.0. The summed E-state index contributed by atoms with van der Waals surface area (Å²) in [7, 11) is 2.00. The summed E-state index contributed by atoms with van der Waals surface area (Å²) in [5, 5.41) is 2.92. The van der Waals surface area contributed by atoms with Crippen LogP contribution in [0.1, 0.15) is 16.7 Å². The van der Waals surface area contributed by atoms with Gasteiger partial charge in [0.15, 0.2) is 6.54 Å². The highest BCUT2D eigenvalue weighted by molar-refractivity contribution is 5.91. The van der Waals surface area contributed by atoms with Gasteiger partial charge in [-0.1, -0.05) is 23.8 Å². The highest BCUT2D eigenvalue weighted by atomic mass is 16.5. The average molecular weight is 327 g/mol. The van der Waals surface area contributed by atoms with Crippen molar-refractivity contribution in [3.63, 3.8) is 0 Å². The SMILES string of the molecule is Cc1ccc(NC(=O)C[NH+](C)CCOc2cc(C)cc(C)c2)cc1. The summed E-state index contributed by atoms with van der Waals surface area (Å²) in [5.74, 6) is 0.909. The summed E-state index contributed by atoms with van der Waals surface area (Å²) >= 11 is 0. The number of likely N-dealkylation sites (N-methyl/N-ethyl adjacent to an activating group) is 1. The summed E-state index contributed by atoms with van der Waals surface area (Å²) in [4.78, 5) is 13.2. The molecular formula is C20H27N2O2+. The van der Waals surface area contributed by atoms with Crippen LogP contribution in [-0.4, -0.2) is 32.7 Å². The Hall–Kier alpha value is -2.33. The van der Waals surface area contributed by atoms with E-state index in [4.69, 9.17) is 4.74 Å². The molecule has 2 aromatic carbocycles. The lowest BCUT2D eigenvalue weighted by atomic mass is 10.1. The molecule has 0 spiro atoms. The molecule has 0 bridgehead atoms. The van der Waals surface area contributed by atoms with Gasteiger partial charge in [-0.2, -0.15) is 0 Å². The number of benzene rings is 2. The van der Waals surface area contributed by atoms with E-state index in [0.29, 0.717) is 13.2 Å². The Balaban J connectivity index is 1.73. The Morgan fingerprint density at radius 2 is 1.62 bits per heavy atom. The number of rotatable bonds is 7. The smallest absolute Gasteiger partial charge is 0.279 e. The number of anilines is 1. The predicted molar refractivity (Wildman–Crippen MR) is 97.8 cm³/mol. The Morgan fingerprint density at radius 3 is 2.25 bits per heavy atom. The number of carbonyl (C=O) groups excluding carboxylic acids is 1. The molecule has 0 radical (unpaired) electrons. The quantitative estimate of drug-likeness (QED) is 0.818. The van der Waals surface area contributed by atoms with Gasteiger partial charge in [-0.15, -0.1) is 0 Å². The number of ether oxygens (including phenoxy) is 1. The van der Waals surface area contributed by atoms with Crippen molar-refractivity contribution in [3.8, 4) is 5.75 Å². The molecule has 0 aliphatic rings. The first-order chi connectivity index (χ1) is 11.4. The minimum atomic E-state index is 0.0164. The van der Waals surface area contributed by atoms with E-state index in [1.54, 1.807) is 0 Å². The normalized spacial score (nSPS) is 11.8. The average Bonchev–Trinajstić information content (AvgIpc) is 2.48. The molecule has 1 atom stereocenters. The summed E-state index contributed by atoms with van der Waals surface area (Å²) < 4.78 is 5.80. The van der Waals surface area contributed by atoms with Gasteiger partial charge in [0.2, 0.25) is 0 Å². The molecule has 2 rings (SSSR count). The van der Waals surface area contributed by atoms with Crippen LogP contribution >= 0.6 is 0 Å². The van der Waals surface area contributed by atoms with Crippen LogP contribution in [0.15, 0.2) is 42.5 Å². The van der Waals surface area contributed by atoms with Gasteiger partial charge < -0.3 is 15.0 Å². The van der Waals surface area contributed by atoms with E-state index in [9.17, 15) is 4.79 Å². The maximum Gasteiger partial charge on any atom is 0.279 e. The van der Waals surface area contributed by atoms with E-state index in [-0.39, 0.29) is 5.91 Å². The summed E-state index contributed by atoms with van der Waals surface area (Å²) in [6.07, 6.45) is 0. The third-order valence-corrected chi connectivity index (χ3v) is 3.79. The zero-order valence-corrected chi connectivity index (χ0v) is 15.0. The van der Waals surface area contributed by atoms with Crippen molar-refractivity contribution in [1.82, 2.24) is 0 Å². The highest BCUT2D eigenvalue weighted by Crippen LogP contribution is 2.15. The molecule has 2 N–H and O–H groups in total. The minimum absolute atomic E-state index is 0.0164. The molecule has 0 aliphatic heterocycles. The van der Waals surface area contributed by atoms with Crippen molar-refractivity contribution in [2.45, 2.75) is 20.8 Å². The van der Waals surface area contributed by atoms with Gasteiger partial charge >= 0.3 is 0 Å². The first-order valence-electron chi connectivity index (χ1n) is 8.31. The topological polar surface area (TPSA) is 42.8 Å². The maximum absolute atomic E-state index is 12.1. The standard InChI is InChI=1S/C20H26N2O2/c1-15-5-7-18(8-6-15)21-20(23)14-22(4)9-10-24-19-12-16(2)11-17(3)13-19/h5-8,11-13H,9-10,14H2,1-4H3,(H,21,23)/p+1. The van der Waals surface area contributed by atoms with Gasteiger partial charge in [0, 0.05) is 5.69 Å². The molecule has 0 saturated carbocycles. The molecule has 0 saturated heterocycles. The van der Waals surface area contributed by atoms with Crippen LogP contribution in [0, 0.1) is 20.8 Å². The second-order valence-electron chi connectivity index (χ2n) is 6.47. The highest BCUT2D eigenvalue weighted by Gasteiger charge is 2.10. The molecule has 0 fully saturated rings. The molecule has 128 valence electrons. The monoisotopic (exact) mass is 327 g/mol. The Kier molecular flexibility index (Phi) is 6.38. The van der Waals surface area contributed by atoms with Crippen LogP contribution in [0.3, 0.4) is 0 Å². The van der Waals surface area contributed by atoms with Gasteiger partial charge in [0.05, 0.1) is 7.05 Å². The van der Waals surface area contributed by atoms with Crippen molar-refractivity contribution >= 4 is 11.6 Å². The zero-order chi connectivity index (χ0) is 17.5. The van der Waals surface area contributed by atoms with E-state index >= 15 is 0 Å². The molecule has 1 amide bonds. The predicted octanol–water partition coefficient (Wildman–Crippen LogP) is 2.14. The fourth-order valence-corrected chi connectivity index (χ4v) is 2.56. The molecule has 0 heterocycles. The molecular weight excluding hydrogens is 300 g/mol. The van der Waals surface area contributed by atoms with Crippen LogP contribution in [0.5, 0.6) is 5.75 Å². The van der Waals surface area contributed by atoms with E-state index in [0.717, 1.165) is 22.9 Å². The van der Waals surface area contributed by atoms with Crippen LogP contribution < -0.4 is 15.0 Å². The maximum atomic E-state index is 12.1. The van der Waals surface area contributed by atoms with Gasteiger partial charge in [0.25, 0.3) is 5.91 Å². The van der Waals surface area contributed by atoms with Crippen molar-refractivity contribution < 1.29 is 14.4 Å². The van der Waals surface area contributed by atoms with Crippen molar-refractivity contribution in [2.75, 3.05) is 32.1 Å². The number of nitrogens with one attached hydrogen (secondary N) is 2. The Bertz CT molecular complexity index is 660. The molecule has 0 aliphatic carbocycles. The number of hydrogen-bond acceptors (Lipinski definition) is 2. The number of hydrogen-bond donors (Lipinski definition) is 2. The lowest BCUT2D eigenvalue weighted by molar-refractivity contribution is -0.871. The zero-order valence-electron chi connectivity index (χ0n) is 15.0. The van der Waals surface area contributed by atoms with Gasteiger partial charge in [0.1, 0.15) is 18.9 Å². The van der Waals surface area contributed by atoms with Crippen molar-refractivity contribution in [3.05, 3.63) is 59.2 Å². The fourth-order valence-electron chi connectivity index (χ4n) is 2.56. The molecule has 4 nitrogen and oxygen atoms in total. The largest absolute Gasteiger partial charge is 0.488 e. The third-order valence-electron chi connectivity index (χ3n) is 3.79. The van der Waals surface area contributed by atoms with E-state index in [1.807, 2.05) is 50.4 Å². The second-order valence-corrected chi connectivity index (χ2v) is 6.47. The van der Waals surface area contributed by atoms with Crippen LogP contribution in [0.25, 0.3) is 0 Å². The van der Waals surface area contributed by atoms with E-state index in [2.05, 4.69) is 25.2 Å². The summed E-state index contributed by atoms with van der Waals surface area (Å²) in [6.45, 7) is 7.93. The molecule has 24 heavy (non-hydrogen) atoms. The number of aryl methyl sites for hydroxylation is 3. The Morgan fingerprint density at radius 1 is 1.00 bits per heavy atom.